The van der Waals surface area contributed by atoms with Crippen molar-refractivity contribution in [1.29, 1.82) is 5.26 Å². The van der Waals surface area contributed by atoms with E-state index in [1.807, 2.05) is 19.2 Å². The summed E-state index contributed by atoms with van der Waals surface area (Å²) in [7, 11) is 3.41. The maximum Gasteiger partial charge on any atom is 0.316 e. The predicted molar refractivity (Wildman–Crippen MR) is 89.6 cm³/mol. The smallest absolute Gasteiger partial charge is 0.316 e. The Hall–Kier alpha value is -2.54. The number of rotatable bonds is 3. The Morgan fingerprint density at radius 1 is 1.48 bits per heavy atom. The Bertz CT molecular complexity index is 841. The zero-order chi connectivity index (χ0) is 16.6. The number of hydrogen-bond donors (Lipinski definition) is 0. The van der Waals surface area contributed by atoms with Gasteiger partial charge in [-0.05, 0) is 36.5 Å². The van der Waals surface area contributed by atoms with Crippen LogP contribution in [0.15, 0.2) is 30.8 Å². The van der Waals surface area contributed by atoms with Crippen LogP contribution in [-0.2, 0) is 23.0 Å². The van der Waals surface area contributed by atoms with Crippen LogP contribution in [0.5, 0.6) is 0 Å². The zero-order valence-corrected chi connectivity index (χ0v) is 13.6. The van der Waals surface area contributed by atoms with E-state index in [9.17, 15) is 4.79 Å². The molecule has 0 N–H and O–H groups in total. The lowest BCUT2D eigenvalue weighted by Crippen LogP contribution is -2.37. The third kappa shape index (κ3) is 2.08. The number of esters is 1. The summed E-state index contributed by atoms with van der Waals surface area (Å²) in [5.41, 5.74) is 3.38. The summed E-state index contributed by atoms with van der Waals surface area (Å²) in [6.45, 7) is 4.26. The third-order valence-electron chi connectivity index (χ3n) is 5.12. The highest BCUT2D eigenvalue weighted by atomic mass is 16.5. The normalized spacial score (nSPS) is 20.1. The number of fused-ring (bicyclic) bond motifs is 3. The lowest BCUT2D eigenvalue weighted by molar-refractivity contribution is -0.150. The Morgan fingerprint density at radius 2 is 2.22 bits per heavy atom. The average Bonchev–Trinajstić information content (AvgIpc) is 2.87. The van der Waals surface area contributed by atoms with E-state index in [-0.39, 0.29) is 5.97 Å². The minimum Gasteiger partial charge on any atom is -0.468 e. The van der Waals surface area contributed by atoms with Gasteiger partial charge in [0.2, 0.25) is 0 Å². The maximum atomic E-state index is 12.5. The largest absolute Gasteiger partial charge is 0.468 e. The number of hydrogen-bond acceptors (Lipinski definition) is 3. The van der Waals surface area contributed by atoms with E-state index in [0.717, 1.165) is 23.2 Å². The van der Waals surface area contributed by atoms with E-state index in [1.165, 1.54) is 18.1 Å². The summed E-state index contributed by atoms with van der Waals surface area (Å²) in [6, 6.07) is 10.4. The highest BCUT2D eigenvalue weighted by Crippen LogP contribution is 2.50. The molecule has 1 unspecified atom stereocenters. The van der Waals surface area contributed by atoms with Crippen molar-refractivity contribution in [3.63, 3.8) is 0 Å². The molecule has 0 saturated heterocycles. The van der Waals surface area contributed by atoms with Gasteiger partial charge in [-0.15, -0.1) is 0 Å². The molecule has 1 atom stereocenters. The molecule has 0 radical (unpaired) electrons. The molecule has 1 aliphatic rings. The van der Waals surface area contributed by atoms with Gasteiger partial charge in [0.25, 0.3) is 0 Å². The second kappa shape index (κ2) is 5.58. The second-order valence-corrected chi connectivity index (χ2v) is 6.11. The first-order valence-corrected chi connectivity index (χ1v) is 7.78. The SMILES string of the molecule is C=C1c2c(c3ccccc3n2C)CCC1(CCC#N)C(=O)OC. The predicted octanol–water partition coefficient (Wildman–Crippen LogP) is 3.60. The van der Waals surface area contributed by atoms with Gasteiger partial charge in [0.05, 0.1) is 18.6 Å². The fourth-order valence-corrected chi connectivity index (χ4v) is 3.89. The summed E-state index contributed by atoms with van der Waals surface area (Å²) < 4.78 is 7.18. The van der Waals surface area contributed by atoms with E-state index in [0.29, 0.717) is 19.3 Å². The van der Waals surface area contributed by atoms with Gasteiger partial charge in [0, 0.05) is 30.1 Å². The van der Waals surface area contributed by atoms with Crippen LogP contribution in [0.2, 0.25) is 0 Å². The Labute approximate surface area is 136 Å². The molecule has 118 valence electrons. The number of para-hydroxylation sites is 1. The van der Waals surface area contributed by atoms with E-state index < -0.39 is 5.41 Å². The molecule has 23 heavy (non-hydrogen) atoms. The molecular weight excluding hydrogens is 288 g/mol. The van der Waals surface area contributed by atoms with Crippen molar-refractivity contribution in [2.75, 3.05) is 7.11 Å². The van der Waals surface area contributed by atoms with Crippen LogP contribution in [0.25, 0.3) is 16.5 Å². The Morgan fingerprint density at radius 3 is 2.91 bits per heavy atom. The van der Waals surface area contributed by atoms with Crippen LogP contribution < -0.4 is 0 Å². The molecule has 1 aromatic carbocycles. The molecule has 0 spiro atoms. The van der Waals surface area contributed by atoms with Crippen molar-refractivity contribution in [3.8, 4) is 6.07 Å². The molecule has 2 aromatic rings. The molecule has 0 fully saturated rings. The van der Waals surface area contributed by atoms with Crippen LogP contribution in [0, 0.1) is 16.7 Å². The molecule has 4 nitrogen and oxygen atoms in total. The fourth-order valence-electron chi connectivity index (χ4n) is 3.89. The number of benzene rings is 1. The molecule has 0 aliphatic heterocycles. The molecule has 0 saturated carbocycles. The van der Waals surface area contributed by atoms with E-state index >= 15 is 0 Å². The number of ether oxygens (including phenoxy) is 1. The van der Waals surface area contributed by atoms with Crippen LogP contribution in [0.4, 0.5) is 0 Å². The average molecular weight is 308 g/mol. The molecule has 0 bridgehead atoms. The molecular formula is C19H20N2O2. The number of carbonyl (C=O) groups excluding carboxylic acids is 1. The number of carbonyl (C=O) groups is 1. The van der Waals surface area contributed by atoms with Gasteiger partial charge in [-0.1, -0.05) is 24.8 Å². The van der Waals surface area contributed by atoms with Gasteiger partial charge >= 0.3 is 5.97 Å². The minimum absolute atomic E-state index is 0.284. The second-order valence-electron chi connectivity index (χ2n) is 6.11. The number of nitrogens with zero attached hydrogens (tertiary/aromatic N) is 2. The van der Waals surface area contributed by atoms with Crippen molar-refractivity contribution in [3.05, 3.63) is 42.1 Å². The fraction of sp³-hybridized carbons (Fsp3) is 0.368. The standard InChI is InChI=1S/C19H20N2O2/c1-13-17-15(14-7-4-5-8-16(14)21(17)2)9-11-19(13,10-6-12-20)18(22)23-3/h4-5,7-8H,1,6,9-11H2,2-3H3. The molecule has 0 amide bonds. The first kappa shape index (κ1) is 15.4. The highest BCUT2D eigenvalue weighted by Gasteiger charge is 2.46. The van der Waals surface area contributed by atoms with E-state index in [1.54, 1.807) is 0 Å². The first-order valence-electron chi connectivity index (χ1n) is 7.78. The van der Waals surface area contributed by atoms with Crippen LogP contribution >= 0.6 is 0 Å². The Kier molecular flexibility index (Phi) is 3.73. The van der Waals surface area contributed by atoms with Gasteiger partial charge in [0.1, 0.15) is 0 Å². The van der Waals surface area contributed by atoms with Gasteiger partial charge in [-0.2, -0.15) is 5.26 Å². The van der Waals surface area contributed by atoms with Crippen molar-refractivity contribution in [1.82, 2.24) is 4.57 Å². The van der Waals surface area contributed by atoms with Gasteiger partial charge < -0.3 is 9.30 Å². The monoisotopic (exact) mass is 308 g/mol. The number of aromatic nitrogens is 1. The Balaban J connectivity index is 2.19. The van der Waals surface area contributed by atoms with E-state index in [4.69, 9.17) is 10.00 Å². The zero-order valence-electron chi connectivity index (χ0n) is 13.6. The molecule has 1 aromatic heterocycles. The highest BCUT2D eigenvalue weighted by molar-refractivity contribution is 5.98. The van der Waals surface area contributed by atoms with Gasteiger partial charge in [-0.3, -0.25) is 4.79 Å². The van der Waals surface area contributed by atoms with Crippen LogP contribution in [0.1, 0.15) is 30.5 Å². The lowest BCUT2D eigenvalue weighted by Gasteiger charge is -2.36. The van der Waals surface area contributed by atoms with Crippen LogP contribution in [-0.4, -0.2) is 17.6 Å². The van der Waals surface area contributed by atoms with Crippen molar-refractivity contribution in [2.45, 2.75) is 25.7 Å². The molecule has 1 heterocycles. The molecule has 3 rings (SSSR count). The van der Waals surface area contributed by atoms with Gasteiger partial charge in [0.15, 0.2) is 0 Å². The molecule has 1 aliphatic carbocycles. The summed E-state index contributed by atoms with van der Waals surface area (Å²) >= 11 is 0. The molecule has 4 heteroatoms. The number of aryl methyl sites for hydroxylation is 2. The van der Waals surface area contributed by atoms with Crippen molar-refractivity contribution >= 4 is 22.4 Å². The maximum absolute atomic E-state index is 12.5. The lowest BCUT2D eigenvalue weighted by atomic mass is 9.67. The summed E-state index contributed by atoms with van der Waals surface area (Å²) in [5, 5.41) is 10.2. The van der Waals surface area contributed by atoms with Crippen molar-refractivity contribution in [2.24, 2.45) is 12.5 Å². The topological polar surface area (TPSA) is 55.0 Å². The number of methoxy groups -OCH3 is 1. The third-order valence-corrected chi connectivity index (χ3v) is 5.12. The first-order chi connectivity index (χ1) is 11.1. The summed E-state index contributed by atoms with van der Waals surface area (Å²) in [6.07, 6.45) is 2.20. The number of nitriles is 1. The van der Waals surface area contributed by atoms with Crippen LogP contribution in [0.3, 0.4) is 0 Å². The summed E-state index contributed by atoms with van der Waals surface area (Å²) in [5.74, 6) is -0.284. The summed E-state index contributed by atoms with van der Waals surface area (Å²) in [4.78, 5) is 12.5. The van der Waals surface area contributed by atoms with E-state index in [2.05, 4.69) is 29.3 Å². The minimum atomic E-state index is -0.792. The quantitative estimate of drug-likeness (QED) is 0.814. The van der Waals surface area contributed by atoms with Crippen molar-refractivity contribution < 1.29 is 9.53 Å². The van der Waals surface area contributed by atoms with Gasteiger partial charge in [-0.25, -0.2) is 0 Å².